The van der Waals surface area contributed by atoms with Crippen molar-refractivity contribution in [3.05, 3.63) is 35.9 Å². The molecule has 3 heterocycles. The fourth-order valence-electron chi connectivity index (χ4n) is 2.78. The van der Waals surface area contributed by atoms with E-state index < -0.39 is 0 Å². The van der Waals surface area contributed by atoms with Crippen molar-refractivity contribution in [1.29, 1.82) is 0 Å². The first-order valence-electron chi connectivity index (χ1n) is 8.19. The van der Waals surface area contributed by atoms with Gasteiger partial charge in [-0.15, -0.1) is 11.3 Å². The van der Waals surface area contributed by atoms with Crippen LogP contribution < -0.4 is 10.6 Å². The Kier molecular flexibility index (Phi) is 6.02. The molecule has 0 aromatic carbocycles. The Morgan fingerprint density at radius 1 is 1.20 bits per heavy atom. The maximum atomic E-state index is 12.2. The van der Waals surface area contributed by atoms with Gasteiger partial charge < -0.3 is 10.6 Å². The van der Waals surface area contributed by atoms with Crippen LogP contribution >= 0.6 is 11.3 Å². The SMILES string of the molecule is O=C(CN1CCC[C@H](NC(=O)c2cnccn2)CC1)Nc1nccs1. The number of hydrogen-bond donors (Lipinski definition) is 2. The predicted octanol–water partition coefficient (Wildman–Crippen LogP) is 1.16. The Morgan fingerprint density at radius 3 is 2.88 bits per heavy atom. The lowest BCUT2D eigenvalue weighted by atomic mass is 10.1. The molecular formula is C16H20N6O2S. The van der Waals surface area contributed by atoms with Gasteiger partial charge in [-0.05, 0) is 25.8 Å². The number of carbonyl (C=O) groups excluding carboxylic acids is 2. The second-order valence-corrected chi connectivity index (χ2v) is 6.75. The Morgan fingerprint density at radius 2 is 2.12 bits per heavy atom. The number of likely N-dealkylation sites (tertiary alicyclic amines) is 1. The van der Waals surface area contributed by atoms with Gasteiger partial charge in [0.25, 0.3) is 5.91 Å². The molecule has 2 amide bonds. The minimum atomic E-state index is -0.201. The fourth-order valence-corrected chi connectivity index (χ4v) is 3.33. The number of anilines is 1. The van der Waals surface area contributed by atoms with Gasteiger partial charge in [0.15, 0.2) is 5.13 Å². The van der Waals surface area contributed by atoms with E-state index in [2.05, 4.69) is 30.5 Å². The highest BCUT2D eigenvalue weighted by molar-refractivity contribution is 7.13. The van der Waals surface area contributed by atoms with Crippen molar-refractivity contribution >= 4 is 28.3 Å². The van der Waals surface area contributed by atoms with Gasteiger partial charge in [0.05, 0.1) is 12.7 Å². The van der Waals surface area contributed by atoms with Crippen LogP contribution in [0.25, 0.3) is 0 Å². The molecule has 132 valence electrons. The molecular weight excluding hydrogens is 340 g/mol. The summed E-state index contributed by atoms with van der Waals surface area (Å²) in [4.78, 5) is 38.3. The van der Waals surface area contributed by atoms with E-state index in [-0.39, 0.29) is 17.9 Å². The lowest BCUT2D eigenvalue weighted by Gasteiger charge is -2.19. The van der Waals surface area contributed by atoms with Crippen molar-refractivity contribution < 1.29 is 9.59 Å². The van der Waals surface area contributed by atoms with E-state index in [9.17, 15) is 9.59 Å². The molecule has 25 heavy (non-hydrogen) atoms. The monoisotopic (exact) mass is 360 g/mol. The van der Waals surface area contributed by atoms with E-state index in [1.165, 1.54) is 29.9 Å². The van der Waals surface area contributed by atoms with Gasteiger partial charge in [0.1, 0.15) is 5.69 Å². The van der Waals surface area contributed by atoms with Crippen molar-refractivity contribution in [3.8, 4) is 0 Å². The Labute approximate surface area is 149 Å². The molecule has 2 aromatic rings. The zero-order chi connectivity index (χ0) is 17.5. The third-order valence-corrected chi connectivity index (χ3v) is 4.69. The maximum Gasteiger partial charge on any atom is 0.271 e. The fraction of sp³-hybridized carbons (Fsp3) is 0.438. The summed E-state index contributed by atoms with van der Waals surface area (Å²) in [5, 5.41) is 8.25. The van der Waals surface area contributed by atoms with Crippen molar-refractivity contribution in [2.24, 2.45) is 0 Å². The molecule has 0 radical (unpaired) electrons. The molecule has 1 aliphatic rings. The van der Waals surface area contributed by atoms with E-state index in [4.69, 9.17) is 0 Å². The summed E-state index contributed by atoms with van der Waals surface area (Å²) in [5.74, 6) is -0.259. The molecule has 0 aliphatic carbocycles. The van der Waals surface area contributed by atoms with Crippen molar-refractivity contribution in [3.63, 3.8) is 0 Å². The largest absolute Gasteiger partial charge is 0.348 e. The van der Waals surface area contributed by atoms with E-state index in [0.717, 1.165) is 32.4 Å². The molecule has 8 nitrogen and oxygen atoms in total. The zero-order valence-corrected chi connectivity index (χ0v) is 14.5. The van der Waals surface area contributed by atoms with Crippen LogP contribution in [0.5, 0.6) is 0 Å². The third kappa shape index (κ3) is 5.30. The number of nitrogens with one attached hydrogen (secondary N) is 2. The highest BCUT2D eigenvalue weighted by atomic mass is 32.1. The Balaban J connectivity index is 1.45. The van der Waals surface area contributed by atoms with Crippen LogP contribution in [0.3, 0.4) is 0 Å². The smallest absolute Gasteiger partial charge is 0.271 e. The van der Waals surface area contributed by atoms with Crippen molar-refractivity contribution in [1.82, 2.24) is 25.2 Å². The molecule has 3 rings (SSSR count). The first-order valence-corrected chi connectivity index (χ1v) is 9.07. The average Bonchev–Trinajstić information content (AvgIpc) is 3.03. The van der Waals surface area contributed by atoms with Crippen LogP contribution in [0.15, 0.2) is 30.2 Å². The topological polar surface area (TPSA) is 100 Å². The molecule has 0 bridgehead atoms. The van der Waals surface area contributed by atoms with Crippen LogP contribution in [0, 0.1) is 0 Å². The number of aromatic nitrogens is 3. The van der Waals surface area contributed by atoms with Gasteiger partial charge in [0, 0.05) is 36.6 Å². The Hall–Kier alpha value is -2.39. The molecule has 1 atom stereocenters. The van der Waals surface area contributed by atoms with E-state index >= 15 is 0 Å². The van der Waals surface area contributed by atoms with Gasteiger partial charge >= 0.3 is 0 Å². The highest BCUT2D eigenvalue weighted by Gasteiger charge is 2.21. The lowest BCUT2D eigenvalue weighted by Crippen LogP contribution is -2.37. The molecule has 1 aliphatic heterocycles. The van der Waals surface area contributed by atoms with Crippen LogP contribution in [-0.4, -0.2) is 57.3 Å². The second kappa shape index (κ2) is 8.63. The second-order valence-electron chi connectivity index (χ2n) is 5.85. The summed E-state index contributed by atoms with van der Waals surface area (Å²) >= 11 is 1.40. The van der Waals surface area contributed by atoms with Crippen molar-refractivity contribution in [2.75, 3.05) is 25.0 Å². The number of thiazole rings is 1. The number of hydrogen-bond acceptors (Lipinski definition) is 7. The van der Waals surface area contributed by atoms with Gasteiger partial charge in [-0.1, -0.05) is 0 Å². The molecule has 1 fully saturated rings. The average molecular weight is 360 g/mol. The molecule has 2 aromatic heterocycles. The number of amides is 2. The van der Waals surface area contributed by atoms with Crippen LogP contribution in [0.2, 0.25) is 0 Å². The van der Waals surface area contributed by atoms with E-state index in [1.807, 2.05) is 5.38 Å². The van der Waals surface area contributed by atoms with E-state index in [0.29, 0.717) is 17.4 Å². The standard InChI is InChI=1S/C16H20N6O2S/c23-14(21-16-19-6-9-25-16)11-22-7-1-2-12(3-8-22)20-15(24)13-10-17-4-5-18-13/h4-6,9-10,12H,1-3,7-8,11H2,(H,20,24)(H,19,21,23)/t12-/m0/s1. The molecule has 0 saturated carbocycles. The van der Waals surface area contributed by atoms with Gasteiger partial charge in [-0.2, -0.15) is 0 Å². The van der Waals surface area contributed by atoms with Crippen LogP contribution in [0.4, 0.5) is 5.13 Å². The maximum absolute atomic E-state index is 12.2. The number of nitrogens with zero attached hydrogens (tertiary/aromatic N) is 4. The van der Waals surface area contributed by atoms with Crippen LogP contribution in [-0.2, 0) is 4.79 Å². The predicted molar refractivity (Wildman–Crippen MR) is 94.3 cm³/mol. The van der Waals surface area contributed by atoms with Crippen LogP contribution in [0.1, 0.15) is 29.8 Å². The number of rotatable bonds is 5. The molecule has 0 spiro atoms. The van der Waals surface area contributed by atoms with Gasteiger partial charge in [-0.3, -0.25) is 19.5 Å². The zero-order valence-electron chi connectivity index (χ0n) is 13.7. The number of carbonyl (C=O) groups is 2. The highest BCUT2D eigenvalue weighted by Crippen LogP contribution is 2.13. The molecule has 1 saturated heterocycles. The molecule has 9 heteroatoms. The van der Waals surface area contributed by atoms with E-state index in [1.54, 1.807) is 6.20 Å². The molecule has 2 N–H and O–H groups in total. The summed E-state index contributed by atoms with van der Waals surface area (Å²) in [6, 6.07) is 0.0847. The minimum absolute atomic E-state index is 0.0583. The summed E-state index contributed by atoms with van der Waals surface area (Å²) in [7, 11) is 0. The first kappa shape index (κ1) is 17.4. The summed E-state index contributed by atoms with van der Waals surface area (Å²) in [6.45, 7) is 1.93. The Bertz CT molecular complexity index is 694. The normalized spacial score (nSPS) is 18.3. The lowest BCUT2D eigenvalue weighted by molar-refractivity contribution is -0.117. The van der Waals surface area contributed by atoms with Crippen molar-refractivity contribution in [2.45, 2.75) is 25.3 Å². The first-order chi connectivity index (χ1) is 12.2. The summed E-state index contributed by atoms with van der Waals surface area (Å²) < 4.78 is 0. The summed E-state index contributed by atoms with van der Waals surface area (Å²) in [5.41, 5.74) is 0.325. The molecule has 0 unspecified atom stereocenters. The minimum Gasteiger partial charge on any atom is -0.348 e. The van der Waals surface area contributed by atoms with Gasteiger partial charge in [0.2, 0.25) is 5.91 Å². The quantitative estimate of drug-likeness (QED) is 0.830. The van der Waals surface area contributed by atoms with Gasteiger partial charge in [-0.25, -0.2) is 9.97 Å². The third-order valence-electron chi connectivity index (χ3n) is 4.00. The summed E-state index contributed by atoms with van der Waals surface area (Å²) in [6.07, 6.45) is 8.78.